The van der Waals surface area contributed by atoms with Gasteiger partial charge in [0.1, 0.15) is 5.75 Å². The Hall–Kier alpha value is -2.34. The average molecular weight is 405 g/mol. The first kappa shape index (κ1) is 19.0. The third-order valence-electron chi connectivity index (χ3n) is 3.12. The molecule has 2 aromatic rings. The van der Waals surface area contributed by atoms with E-state index in [2.05, 4.69) is 26.6 Å². The lowest BCUT2D eigenvalue weighted by Gasteiger charge is -2.21. The zero-order valence-corrected chi connectivity index (χ0v) is 16.0. The summed E-state index contributed by atoms with van der Waals surface area (Å²) in [5.41, 5.74) is 0.502. The van der Waals surface area contributed by atoms with Gasteiger partial charge >= 0.3 is 0 Å². The molecule has 0 spiro atoms. The standard InChI is InChI=1S/C19H21BrN2O3/c1-19(2,3)22-18(24)15-6-4-5-7-16(15)21-17(23)12-25-14-10-8-13(20)9-11-14/h4-11H,12H2,1-3H3,(H,21,23)(H,22,24). The van der Waals surface area contributed by atoms with Gasteiger partial charge in [-0.25, -0.2) is 0 Å². The second kappa shape index (κ2) is 8.16. The maximum absolute atomic E-state index is 12.4. The Morgan fingerprint density at radius 2 is 1.68 bits per heavy atom. The van der Waals surface area contributed by atoms with E-state index in [4.69, 9.17) is 4.74 Å². The fraction of sp³-hybridized carbons (Fsp3) is 0.263. The lowest BCUT2D eigenvalue weighted by Crippen LogP contribution is -2.41. The maximum atomic E-state index is 12.4. The molecule has 0 bridgehead atoms. The van der Waals surface area contributed by atoms with Crippen molar-refractivity contribution in [2.45, 2.75) is 26.3 Å². The number of ether oxygens (including phenoxy) is 1. The first-order valence-corrected chi connectivity index (χ1v) is 8.64. The largest absolute Gasteiger partial charge is 0.484 e. The van der Waals surface area contributed by atoms with E-state index in [0.717, 1.165) is 4.47 Å². The van der Waals surface area contributed by atoms with Gasteiger partial charge in [-0.15, -0.1) is 0 Å². The zero-order valence-electron chi connectivity index (χ0n) is 14.4. The topological polar surface area (TPSA) is 67.4 Å². The number of amides is 2. The molecule has 0 radical (unpaired) electrons. The second-order valence-corrected chi connectivity index (χ2v) is 7.46. The highest BCUT2D eigenvalue weighted by Crippen LogP contribution is 2.18. The van der Waals surface area contributed by atoms with Gasteiger partial charge in [-0.1, -0.05) is 28.1 Å². The predicted octanol–water partition coefficient (Wildman–Crippen LogP) is 3.99. The molecule has 5 nitrogen and oxygen atoms in total. The zero-order chi connectivity index (χ0) is 18.4. The molecule has 132 valence electrons. The van der Waals surface area contributed by atoms with Crippen LogP contribution >= 0.6 is 15.9 Å². The monoisotopic (exact) mass is 404 g/mol. The minimum absolute atomic E-state index is 0.142. The third-order valence-corrected chi connectivity index (χ3v) is 3.65. The summed E-state index contributed by atoms with van der Waals surface area (Å²) in [5.74, 6) is 0.0215. The van der Waals surface area contributed by atoms with Crippen LogP contribution in [0.4, 0.5) is 5.69 Å². The number of carbonyl (C=O) groups excluding carboxylic acids is 2. The Balaban J connectivity index is 2.00. The number of halogens is 1. The summed E-state index contributed by atoms with van der Waals surface area (Å²) >= 11 is 3.34. The van der Waals surface area contributed by atoms with Crippen molar-refractivity contribution in [2.75, 3.05) is 11.9 Å². The summed E-state index contributed by atoms with van der Waals surface area (Å²) in [6.45, 7) is 5.56. The summed E-state index contributed by atoms with van der Waals surface area (Å²) in [6, 6.07) is 14.1. The Morgan fingerprint density at radius 1 is 1.04 bits per heavy atom. The van der Waals surface area contributed by atoms with Crippen LogP contribution in [-0.4, -0.2) is 24.0 Å². The molecule has 2 amide bonds. The molecular formula is C19H21BrN2O3. The van der Waals surface area contributed by atoms with E-state index in [1.54, 1.807) is 36.4 Å². The quantitative estimate of drug-likeness (QED) is 0.791. The van der Waals surface area contributed by atoms with Crippen LogP contribution in [0.3, 0.4) is 0 Å². The Labute approximate surface area is 155 Å². The van der Waals surface area contributed by atoms with Gasteiger partial charge in [-0.3, -0.25) is 9.59 Å². The third kappa shape index (κ3) is 6.23. The van der Waals surface area contributed by atoms with Gasteiger partial charge < -0.3 is 15.4 Å². The van der Waals surface area contributed by atoms with E-state index in [0.29, 0.717) is 17.0 Å². The van der Waals surface area contributed by atoms with Gasteiger partial charge in [-0.2, -0.15) is 0 Å². The van der Waals surface area contributed by atoms with Crippen molar-refractivity contribution < 1.29 is 14.3 Å². The van der Waals surface area contributed by atoms with Crippen LogP contribution in [0.25, 0.3) is 0 Å². The molecule has 2 aromatic carbocycles. The Morgan fingerprint density at radius 3 is 2.32 bits per heavy atom. The minimum atomic E-state index is -0.362. The van der Waals surface area contributed by atoms with Crippen molar-refractivity contribution >= 4 is 33.4 Å². The molecule has 0 aromatic heterocycles. The first-order valence-electron chi connectivity index (χ1n) is 7.84. The van der Waals surface area contributed by atoms with Crippen molar-refractivity contribution in [3.05, 3.63) is 58.6 Å². The second-order valence-electron chi connectivity index (χ2n) is 6.54. The molecule has 0 saturated heterocycles. The molecule has 6 heteroatoms. The highest BCUT2D eigenvalue weighted by Gasteiger charge is 2.18. The van der Waals surface area contributed by atoms with E-state index in [9.17, 15) is 9.59 Å². The summed E-state index contributed by atoms with van der Waals surface area (Å²) in [4.78, 5) is 24.5. The van der Waals surface area contributed by atoms with Gasteiger partial charge in [0.05, 0.1) is 11.3 Å². The summed E-state index contributed by atoms with van der Waals surface area (Å²) in [6.07, 6.45) is 0. The highest BCUT2D eigenvalue weighted by molar-refractivity contribution is 9.10. The van der Waals surface area contributed by atoms with E-state index < -0.39 is 0 Å². The van der Waals surface area contributed by atoms with Crippen LogP contribution in [-0.2, 0) is 4.79 Å². The van der Waals surface area contributed by atoms with Gasteiger partial charge in [0.25, 0.3) is 11.8 Å². The number of carbonyl (C=O) groups is 2. The van der Waals surface area contributed by atoms with Crippen LogP contribution in [0.5, 0.6) is 5.75 Å². The van der Waals surface area contributed by atoms with Gasteiger partial charge in [0.15, 0.2) is 6.61 Å². The fourth-order valence-corrected chi connectivity index (χ4v) is 2.33. The molecule has 2 N–H and O–H groups in total. The van der Waals surface area contributed by atoms with E-state index in [-0.39, 0.29) is 24.0 Å². The fourth-order valence-electron chi connectivity index (χ4n) is 2.06. The van der Waals surface area contributed by atoms with Crippen molar-refractivity contribution in [2.24, 2.45) is 0 Å². The van der Waals surface area contributed by atoms with Crippen LogP contribution in [0.1, 0.15) is 31.1 Å². The highest BCUT2D eigenvalue weighted by atomic mass is 79.9. The van der Waals surface area contributed by atoms with Crippen molar-refractivity contribution in [1.29, 1.82) is 0 Å². The van der Waals surface area contributed by atoms with Crippen molar-refractivity contribution in [1.82, 2.24) is 5.32 Å². The van der Waals surface area contributed by atoms with Crippen LogP contribution in [0.2, 0.25) is 0 Å². The number of hydrogen-bond acceptors (Lipinski definition) is 3. The summed E-state index contributed by atoms with van der Waals surface area (Å²) in [5, 5.41) is 5.61. The molecule has 0 fully saturated rings. The van der Waals surface area contributed by atoms with Crippen LogP contribution in [0.15, 0.2) is 53.0 Å². The van der Waals surface area contributed by atoms with Crippen LogP contribution in [0, 0.1) is 0 Å². The van der Waals surface area contributed by atoms with Gasteiger partial charge in [-0.05, 0) is 57.2 Å². The van der Waals surface area contributed by atoms with E-state index in [1.807, 2.05) is 32.9 Å². The normalized spacial score (nSPS) is 10.9. The van der Waals surface area contributed by atoms with E-state index in [1.165, 1.54) is 0 Å². The molecule has 2 rings (SSSR count). The Bertz CT molecular complexity index is 752. The van der Waals surface area contributed by atoms with Crippen molar-refractivity contribution in [3.63, 3.8) is 0 Å². The smallest absolute Gasteiger partial charge is 0.262 e. The molecule has 0 aliphatic carbocycles. The Kier molecular flexibility index (Phi) is 6.20. The molecule has 0 unspecified atom stereocenters. The van der Waals surface area contributed by atoms with E-state index >= 15 is 0 Å². The summed E-state index contributed by atoms with van der Waals surface area (Å²) < 4.78 is 6.38. The van der Waals surface area contributed by atoms with Gasteiger partial charge in [0, 0.05) is 10.0 Å². The molecule has 0 saturated carbocycles. The number of hydrogen-bond donors (Lipinski definition) is 2. The van der Waals surface area contributed by atoms with Crippen molar-refractivity contribution in [3.8, 4) is 5.75 Å². The predicted molar refractivity (Wildman–Crippen MR) is 102 cm³/mol. The minimum Gasteiger partial charge on any atom is -0.484 e. The SMILES string of the molecule is CC(C)(C)NC(=O)c1ccccc1NC(=O)COc1ccc(Br)cc1. The lowest BCUT2D eigenvalue weighted by molar-refractivity contribution is -0.118. The number of para-hydroxylation sites is 1. The molecule has 25 heavy (non-hydrogen) atoms. The lowest BCUT2D eigenvalue weighted by atomic mass is 10.1. The first-order chi connectivity index (χ1) is 11.7. The average Bonchev–Trinajstić information content (AvgIpc) is 2.53. The molecular weight excluding hydrogens is 384 g/mol. The van der Waals surface area contributed by atoms with Gasteiger partial charge in [0.2, 0.25) is 0 Å². The maximum Gasteiger partial charge on any atom is 0.262 e. The van der Waals surface area contributed by atoms with Crippen LogP contribution < -0.4 is 15.4 Å². The number of benzene rings is 2. The number of nitrogens with one attached hydrogen (secondary N) is 2. The summed E-state index contributed by atoms with van der Waals surface area (Å²) in [7, 11) is 0. The number of anilines is 1. The molecule has 0 heterocycles. The molecule has 0 aliphatic rings. The molecule has 0 aliphatic heterocycles. The molecule has 0 atom stereocenters. The number of rotatable bonds is 5.